The fraction of sp³-hybridized carbons (Fsp3) is 0.400. The van der Waals surface area contributed by atoms with Crippen molar-refractivity contribution in [1.82, 2.24) is 10.6 Å². The van der Waals surface area contributed by atoms with E-state index in [-0.39, 0.29) is 11.8 Å². The first-order valence-electron chi connectivity index (χ1n) is 5.01. The molecule has 0 saturated carbocycles. The molecule has 0 aromatic carbocycles. The predicted octanol–water partition coefficient (Wildman–Crippen LogP) is 1.41. The topological polar surface area (TPSA) is 58.2 Å². The van der Waals surface area contributed by atoms with E-state index in [0.717, 1.165) is 6.42 Å². The lowest BCUT2D eigenvalue weighted by Gasteiger charge is -2.22. The molecule has 1 aromatic rings. The van der Waals surface area contributed by atoms with Crippen LogP contribution in [0.1, 0.15) is 22.5 Å². The smallest absolute Gasteiger partial charge is 0.262 e. The average Bonchev–Trinajstić information content (AvgIpc) is 2.68. The van der Waals surface area contributed by atoms with E-state index in [1.54, 1.807) is 12.1 Å². The molecule has 6 heteroatoms. The van der Waals surface area contributed by atoms with Gasteiger partial charge < -0.3 is 10.6 Å². The lowest BCUT2D eigenvalue weighted by molar-refractivity contribution is -0.124. The van der Waals surface area contributed by atoms with Gasteiger partial charge in [-0.15, -0.1) is 11.3 Å². The van der Waals surface area contributed by atoms with Crippen LogP contribution in [-0.4, -0.2) is 24.4 Å². The minimum atomic E-state index is -0.415. The second kappa shape index (κ2) is 4.84. The number of piperidine rings is 1. The summed E-state index contributed by atoms with van der Waals surface area (Å²) in [6.07, 6.45) is 1.58. The molecule has 1 atom stereocenters. The van der Waals surface area contributed by atoms with Crippen molar-refractivity contribution < 1.29 is 9.59 Å². The molecule has 1 saturated heterocycles. The van der Waals surface area contributed by atoms with Crippen LogP contribution >= 0.6 is 22.9 Å². The largest absolute Gasteiger partial charge is 0.354 e. The molecular formula is C10H11ClN2O2S. The summed E-state index contributed by atoms with van der Waals surface area (Å²) in [6, 6.07) is 2.91. The number of halogens is 1. The van der Waals surface area contributed by atoms with Gasteiger partial charge in [0.25, 0.3) is 5.91 Å². The van der Waals surface area contributed by atoms with Gasteiger partial charge in [-0.05, 0) is 25.0 Å². The summed E-state index contributed by atoms with van der Waals surface area (Å²) in [4.78, 5) is 23.7. The van der Waals surface area contributed by atoms with Crippen molar-refractivity contribution in [1.29, 1.82) is 0 Å². The molecule has 0 spiro atoms. The maximum atomic E-state index is 11.7. The van der Waals surface area contributed by atoms with Gasteiger partial charge in [0.05, 0.1) is 9.21 Å². The van der Waals surface area contributed by atoms with Crippen molar-refractivity contribution >= 4 is 34.8 Å². The minimum absolute atomic E-state index is 0.109. The maximum Gasteiger partial charge on any atom is 0.262 e. The molecule has 1 aromatic heterocycles. The summed E-state index contributed by atoms with van der Waals surface area (Å²) in [6.45, 7) is 0.691. The first kappa shape index (κ1) is 11.4. The van der Waals surface area contributed by atoms with Crippen molar-refractivity contribution in [2.75, 3.05) is 6.54 Å². The third-order valence-corrected chi connectivity index (χ3v) is 3.62. The first-order chi connectivity index (χ1) is 7.66. The lowest BCUT2D eigenvalue weighted by atomic mass is 10.1. The Morgan fingerprint density at radius 2 is 2.38 bits per heavy atom. The van der Waals surface area contributed by atoms with E-state index in [9.17, 15) is 9.59 Å². The average molecular weight is 259 g/mol. The van der Waals surface area contributed by atoms with E-state index in [0.29, 0.717) is 22.2 Å². The Kier molecular flexibility index (Phi) is 3.46. The van der Waals surface area contributed by atoms with Crippen LogP contribution in [0.3, 0.4) is 0 Å². The summed E-state index contributed by atoms with van der Waals surface area (Å²) in [5.74, 6) is -0.346. The normalized spacial score (nSPS) is 20.3. The number of carbonyl (C=O) groups excluding carboxylic acids is 2. The Balaban J connectivity index is 1.99. The number of thiophene rings is 1. The van der Waals surface area contributed by atoms with E-state index in [1.807, 2.05) is 0 Å². The van der Waals surface area contributed by atoms with E-state index in [4.69, 9.17) is 11.6 Å². The highest BCUT2D eigenvalue weighted by Crippen LogP contribution is 2.21. The van der Waals surface area contributed by atoms with Gasteiger partial charge in [0.15, 0.2) is 0 Å². The van der Waals surface area contributed by atoms with E-state index in [2.05, 4.69) is 10.6 Å². The SMILES string of the molecule is O=C(N[C@@H]1CCCNC1=O)c1ccc(Cl)s1. The Morgan fingerprint density at radius 1 is 1.56 bits per heavy atom. The van der Waals surface area contributed by atoms with Crippen LogP contribution in [-0.2, 0) is 4.79 Å². The predicted molar refractivity (Wildman–Crippen MR) is 62.8 cm³/mol. The molecule has 2 heterocycles. The zero-order chi connectivity index (χ0) is 11.5. The fourth-order valence-electron chi connectivity index (χ4n) is 1.58. The highest BCUT2D eigenvalue weighted by molar-refractivity contribution is 7.18. The van der Waals surface area contributed by atoms with Crippen LogP contribution in [0.5, 0.6) is 0 Å². The highest BCUT2D eigenvalue weighted by Gasteiger charge is 2.24. The van der Waals surface area contributed by atoms with Gasteiger partial charge in [-0.1, -0.05) is 11.6 Å². The van der Waals surface area contributed by atoms with Crippen LogP contribution in [0, 0.1) is 0 Å². The minimum Gasteiger partial charge on any atom is -0.354 e. The second-order valence-corrected chi connectivity index (χ2v) is 5.28. The molecule has 1 aliphatic rings. The molecule has 2 amide bonds. The molecule has 1 fully saturated rings. The monoisotopic (exact) mass is 258 g/mol. The van der Waals surface area contributed by atoms with Gasteiger partial charge in [-0.3, -0.25) is 9.59 Å². The van der Waals surface area contributed by atoms with Crippen molar-refractivity contribution in [3.63, 3.8) is 0 Å². The van der Waals surface area contributed by atoms with Crippen LogP contribution in [0.25, 0.3) is 0 Å². The van der Waals surface area contributed by atoms with Gasteiger partial charge in [0.2, 0.25) is 5.91 Å². The molecule has 86 valence electrons. The number of amides is 2. The fourth-order valence-corrected chi connectivity index (χ4v) is 2.52. The third kappa shape index (κ3) is 2.54. The first-order valence-corrected chi connectivity index (χ1v) is 6.20. The Morgan fingerprint density at radius 3 is 3.00 bits per heavy atom. The molecule has 0 unspecified atom stereocenters. The second-order valence-electron chi connectivity index (χ2n) is 3.56. The van der Waals surface area contributed by atoms with Crippen LogP contribution < -0.4 is 10.6 Å². The van der Waals surface area contributed by atoms with Gasteiger partial charge in [0, 0.05) is 6.54 Å². The Bertz CT molecular complexity index is 419. The van der Waals surface area contributed by atoms with E-state index >= 15 is 0 Å². The van der Waals surface area contributed by atoms with Crippen molar-refractivity contribution in [2.45, 2.75) is 18.9 Å². The number of hydrogen-bond acceptors (Lipinski definition) is 3. The van der Waals surface area contributed by atoms with Crippen molar-refractivity contribution in [2.24, 2.45) is 0 Å². The van der Waals surface area contributed by atoms with Crippen molar-refractivity contribution in [3.05, 3.63) is 21.3 Å². The van der Waals surface area contributed by atoms with Crippen LogP contribution in [0.15, 0.2) is 12.1 Å². The molecule has 1 aliphatic heterocycles. The van der Waals surface area contributed by atoms with Gasteiger partial charge in [0.1, 0.15) is 6.04 Å². The quantitative estimate of drug-likeness (QED) is 0.843. The molecule has 4 nitrogen and oxygen atoms in total. The number of hydrogen-bond donors (Lipinski definition) is 2. The summed E-state index contributed by atoms with van der Waals surface area (Å²) in [5.41, 5.74) is 0. The molecule has 2 N–H and O–H groups in total. The molecule has 0 bridgehead atoms. The summed E-state index contributed by atoms with van der Waals surface area (Å²) < 4.78 is 0.568. The molecule has 2 rings (SSSR count). The molecular weight excluding hydrogens is 248 g/mol. The highest BCUT2D eigenvalue weighted by atomic mass is 35.5. The van der Waals surface area contributed by atoms with Crippen LogP contribution in [0.2, 0.25) is 4.34 Å². The van der Waals surface area contributed by atoms with E-state index in [1.165, 1.54) is 11.3 Å². The number of nitrogens with one attached hydrogen (secondary N) is 2. The van der Waals surface area contributed by atoms with E-state index < -0.39 is 6.04 Å². The summed E-state index contributed by atoms with van der Waals surface area (Å²) >= 11 is 6.94. The van der Waals surface area contributed by atoms with Gasteiger partial charge in [-0.25, -0.2) is 0 Å². The van der Waals surface area contributed by atoms with Crippen molar-refractivity contribution in [3.8, 4) is 0 Å². The Hall–Kier alpha value is -1.07. The lowest BCUT2D eigenvalue weighted by Crippen LogP contribution is -2.50. The van der Waals surface area contributed by atoms with Crippen LogP contribution in [0.4, 0.5) is 0 Å². The molecule has 16 heavy (non-hydrogen) atoms. The summed E-state index contributed by atoms with van der Waals surface area (Å²) in [7, 11) is 0. The Labute approximate surface area is 102 Å². The number of rotatable bonds is 2. The zero-order valence-electron chi connectivity index (χ0n) is 8.46. The summed E-state index contributed by atoms with van der Waals surface area (Å²) in [5, 5.41) is 5.42. The van der Waals surface area contributed by atoms with Gasteiger partial charge >= 0.3 is 0 Å². The number of carbonyl (C=O) groups is 2. The molecule has 0 radical (unpaired) electrons. The zero-order valence-corrected chi connectivity index (χ0v) is 10.0. The third-order valence-electron chi connectivity index (χ3n) is 2.39. The maximum absolute atomic E-state index is 11.7. The molecule has 0 aliphatic carbocycles. The standard InChI is InChI=1S/C10H11ClN2O2S/c11-8-4-3-7(16-8)10(15)13-6-2-1-5-12-9(6)14/h3-4,6H,1-2,5H2,(H,12,14)(H,13,15)/t6-/m1/s1. The van der Waals surface area contributed by atoms with Gasteiger partial charge in [-0.2, -0.15) is 0 Å².